The van der Waals surface area contributed by atoms with Crippen molar-refractivity contribution in [3.63, 3.8) is 0 Å². The molecular formula is C21H38S. The van der Waals surface area contributed by atoms with Gasteiger partial charge in [-0.25, -0.2) is 0 Å². The SMILES string of the molecule is CCCCCCCCCCCCC(c1cccs1)C(C)(C)C. The van der Waals surface area contributed by atoms with Crippen molar-refractivity contribution >= 4 is 11.3 Å². The first-order valence-corrected chi connectivity index (χ1v) is 10.5. The smallest absolute Gasteiger partial charge is 0.00814 e. The van der Waals surface area contributed by atoms with Crippen molar-refractivity contribution in [2.45, 2.75) is 104 Å². The summed E-state index contributed by atoms with van der Waals surface area (Å²) in [4.78, 5) is 1.59. The molecule has 0 amide bonds. The average Bonchev–Trinajstić information content (AvgIpc) is 2.97. The van der Waals surface area contributed by atoms with Crippen LogP contribution in [-0.2, 0) is 0 Å². The molecule has 0 aromatic carbocycles. The predicted molar refractivity (Wildman–Crippen MR) is 103 cm³/mol. The van der Waals surface area contributed by atoms with E-state index in [0.717, 1.165) is 5.92 Å². The highest BCUT2D eigenvalue weighted by Gasteiger charge is 2.26. The Kier molecular flexibility index (Phi) is 10.1. The van der Waals surface area contributed by atoms with Gasteiger partial charge in [-0.3, -0.25) is 0 Å². The van der Waals surface area contributed by atoms with Gasteiger partial charge >= 0.3 is 0 Å². The monoisotopic (exact) mass is 322 g/mol. The van der Waals surface area contributed by atoms with E-state index >= 15 is 0 Å². The van der Waals surface area contributed by atoms with Gasteiger partial charge in [-0.15, -0.1) is 11.3 Å². The van der Waals surface area contributed by atoms with Gasteiger partial charge in [0.1, 0.15) is 0 Å². The molecule has 1 atom stereocenters. The molecule has 0 nitrogen and oxygen atoms in total. The molecule has 1 heterocycles. The van der Waals surface area contributed by atoms with Crippen LogP contribution in [0.1, 0.15) is 109 Å². The van der Waals surface area contributed by atoms with Crippen LogP contribution in [0.15, 0.2) is 17.5 Å². The normalized spacial score (nSPS) is 13.5. The second kappa shape index (κ2) is 11.3. The van der Waals surface area contributed by atoms with Crippen molar-refractivity contribution < 1.29 is 0 Å². The molecule has 0 saturated carbocycles. The summed E-state index contributed by atoms with van der Waals surface area (Å²) in [6.45, 7) is 9.48. The fourth-order valence-corrected chi connectivity index (χ4v) is 4.43. The van der Waals surface area contributed by atoms with Gasteiger partial charge in [-0.1, -0.05) is 98.0 Å². The minimum absolute atomic E-state index is 0.393. The molecule has 0 spiro atoms. The van der Waals surface area contributed by atoms with Crippen LogP contribution >= 0.6 is 11.3 Å². The first-order chi connectivity index (χ1) is 10.6. The van der Waals surface area contributed by atoms with Gasteiger partial charge in [0.2, 0.25) is 0 Å². The van der Waals surface area contributed by atoms with E-state index in [1.54, 1.807) is 4.88 Å². The molecule has 0 bridgehead atoms. The summed E-state index contributed by atoms with van der Waals surface area (Å²) in [7, 11) is 0. The van der Waals surface area contributed by atoms with Crippen LogP contribution in [0.4, 0.5) is 0 Å². The summed E-state index contributed by atoms with van der Waals surface area (Å²) in [6.07, 6.45) is 15.7. The Labute approximate surface area is 143 Å². The molecule has 0 radical (unpaired) electrons. The Balaban J connectivity index is 2.09. The standard InChI is InChI=1S/C21H38S/c1-5-6-7-8-9-10-11-12-13-14-16-19(21(2,3)4)20-17-15-18-22-20/h15,17-19H,5-14,16H2,1-4H3. The van der Waals surface area contributed by atoms with Crippen molar-refractivity contribution in [1.82, 2.24) is 0 Å². The topological polar surface area (TPSA) is 0 Å². The maximum atomic E-state index is 2.40. The van der Waals surface area contributed by atoms with Gasteiger partial charge in [0.05, 0.1) is 0 Å². The number of thiophene rings is 1. The van der Waals surface area contributed by atoms with Gasteiger partial charge in [-0.05, 0) is 29.2 Å². The van der Waals surface area contributed by atoms with E-state index in [2.05, 4.69) is 45.2 Å². The molecule has 1 aromatic rings. The lowest BCUT2D eigenvalue weighted by atomic mass is 9.77. The summed E-state index contributed by atoms with van der Waals surface area (Å²) >= 11 is 1.94. The van der Waals surface area contributed by atoms with Gasteiger partial charge in [0.25, 0.3) is 0 Å². The van der Waals surface area contributed by atoms with E-state index in [0.29, 0.717) is 5.41 Å². The first kappa shape index (κ1) is 19.7. The van der Waals surface area contributed by atoms with Gasteiger partial charge in [-0.2, -0.15) is 0 Å². The first-order valence-electron chi connectivity index (χ1n) is 9.59. The van der Waals surface area contributed by atoms with Crippen LogP contribution in [0.2, 0.25) is 0 Å². The summed E-state index contributed by atoms with van der Waals surface area (Å²) in [5.41, 5.74) is 0.393. The fraction of sp³-hybridized carbons (Fsp3) is 0.810. The van der Waals surface area contributed by atoms with Crippen molar-refractivity contribution in [1.29, 1.82) is 0 Å². The summed E-state index contributed by atoms with van der Waals surface area (Å²) in [5, 5.41) is 2.23. The Morgan fingerprint density at radius 3 is 1.86 bits per heavy atom. The maximum absolute atomic E-state index is 2.40. The van der Waals surface area contributed by atoms with Crippen molar-refractivity contribution in [3.8, 4) is 0 Å². The number of hydrogen-bond acceptors (Lipinski definition) is 1. The Morgan fingerprint density at radius 2 is 1.41 bits per heavy atom. The Hall–Kier alpha value is -0.300. The van der Waals surface area contributed by atoms with Crippen molar-refractivity contribution in [2.24, 2.45) is 5.41 Å². The van der Waals surface area contributed by atoms with Crippen LogP contribution in [0.25, 0.3) is 0 Å². The molecular weight excluding hydrogens is 284 g/mol. The maximum Gasteiger partial charge on any atom is 0.00814 e. The zero-order valence-corrected chi connectivity index (χ0v) is 16.3. The summed E-state index contributed by atoms with van der Waals surface area (Å²) < 4.78 is 0. The molecule has 0 aliphatic rings. The molecule has 128 valence electrons. The molecule has 0 aliphatic heterocycles. The van der Waals surface area contributed by atoms with E-state index < -0.39 is 0 Å². The third-order valence-electron chi connectivity index (χ3n) is 4.78. The van der Waals surface area contributed by atoms with E-state index in [9.17, 15) is 0 Å². The van der Waals surface area contributed by atoms with Crippen LogP contribution in [0, 0.1) is 5.41 Å². The van der Waals surface area contributed by atoms with E-state index in [-0.39, 0.29) is 0 Å². The Morgan fingerprint density at radius 1 is 0.864 bits per heavy atom. The third-order valence-corrected chi connectivity index (χ3v) is 5.76. The lowest BCUT2D eigenvalue weighted by molar-refractivity contribution is 0.301. The number of unbranched alkanes of at least 4 members (excludes halogenated alkanes) is 9. The van der Waals surface area contributed by atoms with Crippen LogP contribution in [0.3, 0.4) is 0 Å². The van der Waals surface area contributed by atoms with E-state index in [4.69, 9.17) is 0 Å². The summed E-state index contributed by atoms with van der Waals surface area (Å²) in [6, 6.07) is 4.54. The molecule has 1 aromatic heterocycles. The molecule has 1 unspecified atom stereocenters. The number of rotatable bonds is 12. The van der Waals surface area contributed by atoms with E-state index in [1.807, 2.05) is 11.3 Å². The van der Waals surface area contributed by atoms with Gasteiger partial charge in [0, 0.05) is 4.88 Å². The van der Waals surface area contributed by atoms with Crippen molar-refractivity contribution in [3.05, 3.63) is 22.4 Å². The van der Waals surface area contributed by atoms with Crippen molar-refractivity contribution in [2.75, 3.05) is 0 Å². The summed E-state index contributed by atoms with van der Waals surface area (Å²) in [5.74, 6) is 0.738. The molecule has 0 saturated heterocycles. The zero-order valence-electron chi connectivity index (χ0n) is 15.5. The predicted octanol–water partition coefficient (Wildman–Crippen LogP) is 8.19. The second-order valence-corrected chi connectivity index (χ2v) is 8.88. The molecule has 0 fully saturated rings. The molecule has 1 heteroatoms. The van der Waals surface area contributed by atoms with E-state index in [1.165, 1.54) is 70.6 Å². The van der Waals surface area contributed by atoms with Crippen LogP contribution in [0.5, 0.6) is 0 Å². The largest absolute Gasteiger partial charge is 0.149 e. The fourth-order valence-electron chi connectivity index (χ4n) is 3.33. The number of hydrogen-bond donors (Lipinski definition) is 0. The highest BCUT2D eigenvalue weighted by molar-refractivity contribution is 7.10. The quantitative estimate of drug-likeness (QED) is 0.340. The molecule has 22 heavy (non-hydrogen) atoms. The average molecular weight is 323 g/mol. The van der Waals surface area contributed by atoms with Crippen LogP contribution < -0.4 is 0 Å². The lowest BCUT2D eigenvalue weighted by Crippen LogP contribution is -2.17. The molecule has 0 N–H and O–H groups in total. The lowest BCUT2D eigenvalue weighted by Gasteiger charge is -2.30. The molecule has 1 rings (SSSR count). The Bertz CT molecular complexity index is 344. The second-order valence-electron chi connectivity index (χ2n) is 7.90. The minimum Gasteiger partial charge on any atom is -0.149 e. The zero-order chi connectivity index (χ0) is 16.3. The third kappa shape index (κ3) is 8.36. The minimum atomic E-state index is 0.393. The molecule has 0 aliphatic carbocycles. The highest BCUT2D eigenvalue weighted by atomic mass is 32.1. The highest BCUT2D eigenvalue weighted by Crippen LogP contribution is 2.40. The van der Waals surface area contributed by atoms with Crippen LogP contribution in [-0.4, -0.2) is 0 Å². The van der Waals surface area contributed by atoms with Gasteiger partial charge in [0.15, 0.2) is 0 Å². The van der Waals surface area contributed by atoms with Gasteiger partial charge < -0.3 is 0 Å².